The molecule has 0 spiro atoms. The predicted molar refractivity (Wildman–Crippen MR) is 88.2 cm³/mol. The molecule has 0 aliphatic carbocycles. The Morgan fingerprint density at radius 3 is 2.43 bits per heavy atom. The molecule has 1 atom stereocenters. The fraction of sp³-hybridized carbons (Fsp3) is 0.588. The third-order valence-corrected chi connectivity index (χ3v) is 4.22. The number of hydrogen-bond acceptors (Lipinski definition) is 5. The van der Waals surface area contributed by atoms with E-state index in [1.54, 1.807) is 33.5 Å². The number of methoxy groups -OCH3 is 3. The van der Waals surface area contributed by atoms with E-state index in [0.717, 1.165) is 31.5 Å². The van der Waals surface area contributed by atoms with Crippen LogP contribution in [0.1, 0.15) is 24.8 Å². The van der Waals surface area contributed by atoms with Gasteiger partial charge in [0.25, 0.3) is 0 Å². The van der Waals surface area contributed by atoms with Gasteiger partial charge in [0.15, 0.2) is 0 Å². The number of carbonyl (C=O) groups excluding carboxylic acids is 1. The molecule has 1 heterocycles. The highest BCUT2D eigenvalue weighted by molar-refractivity contribution is 5.76. The van der Waals surface area contributed by atoms with E-state index in [-0.39, 0.29) is 5.91 Å². The van der Waals surface area contributed by atoms with Gasteiger partial charge in [0.2, 0.25) is 5.91 Å². The van der Waals surface area contributed by atoms with Crippen molar-refractivity contribution in [1.82, 2.24) is 10.6 Å². The summed E-state index contributed by atoms with van der Waals surface area (Å²) < 4.78 is 16.0. The molecule has 2 N–H and O–H groups in total. The number of amides is 1. The maximum absolute atomic E-state index is 12.1. The lowest BCUT2D eigenvalue weighted by atomic mass is 10.0. The number of ether oxygens (including phenoxy) is 3. The van der Waals surface area contributed by atoms with Crippen LogP contribution in [0, 0.1) is 5.92 Å². The zero-order valence-corrected chi connectivity index (χ0v) is 14.1. The highest BCUT2D eigenvalue weighted by Crippen LogP contribution is 2.33. The molecule has 2 rings (SSSR count). The van der Waals surface area contributed by atoms with Crippen molar-refractivity contribution in [2.24, 2.45) is 5.92 Å². The molecule has 6 heteroatoms. The first kappa shape index (κ1) is 17.4. The summed E-state index contributed by atoms with van der Waals surface area (Å²) in [6, 6.07) is 3.57. The fourth-order valence-electron chi connectivity index (χ4n) is 2.82. The van der Waals surface area contributed by atoms with E-state index in [4.69, 9.17) is 14.2 Å². The van der Waals surface area contributed by atoms with Gasteiger partial charge in [-0.1, -0.05) is 0 Å². The van der Waals surface area contributed by atoms with Crippen LogP contribution in [-0.4, -0.2) is 40.3 Å². The highest BCUT2D eigenvalue weighted by atomic mass is 16.5. The minimum absolute atomic E-state index is 0.0526. The Hall–Kier alpha value is -1.95. The van der Waals surface area contributed by atoms with Gasteiger partial charge in [-0.05, 0) is 31.8 Å². The van der Waals surface area contributed by atoms with Crippen LogP contribution in [0.2, 0.25) is 0 Å². The van der Waals surface area contributed by atoms with Gasteiger partial charge in [-0.3, -0.25) is 4.79 Å². The summed E-state index contributed by atoms with van der Waals surface area (Å²) in [6.45, 7) is 2.46. The van der Waals surface area contributed by atoms with Crippen molar-refractivity contribution in [1.29, 1.82) is 0 Å². The van der Waals surface area contributed by atoms with Gasteiger partial charge in [0, 0.05) is 18.6 Å². The van der Waals surface area contributed by atoms with Crippen LogP contribution < -0.4 is 24.8 Å². The Labute approximate surface area is 137 Å². The molecule has 1 aromatic carbocycles. The number of hydrogen-bond donors (Lipinski definition) is 2. The maximum Gasteiger partial charge on any atom is 0.220 e. The van der Waals surface area contributed by atoms with Gasteiger partial charge < -0.3 is 24.8 Å². The van der Waals surface area contributed by atoms with Gasteiger partial charge in [-0.25, -0.2) is 0 Å². The molecule has 128 valence electrons. The molecule has 0 aromatic heterocycles. The van der Waals surface area contributed by atoms with Gasteiger partial charge >= 0.3 is 0 Å². The zero-order chi connectivity index (χ0) is 16.7. The molecule has 0 radical (unpaired) electrons. The minimum atomic E-state index is 0.0526. The zero-order valence-electron chi connectivity index (χ0n) is 14.1. The summed E-state index contributed by atoms with van der Waals surface area (Å²) in [5.41, 5.74) is 0.812. The van der Waals surface area contributed by atoms with Gasteiger partial charge in [0.1, 0.15) is 17.2 Å². The topological polar surface area (TPSA) is 68.8 Å². The fourth-order valence-corrected chi connectivity index (χ4v) is 2.82. The molecule has 1 aliphatic rings. The molecule has 1 aromatic rings. The number of benzene rings is 1. The van der Waals surface area contributed by atoms with E-state index >= 15 is 0 Å². The first-order valence-corrected chi connectivity index (χ1v) is 7.94. The Kier molecular flexibility index (Phi) is 6.52. The quantitative estimate of drug-likeness (QED) is 0.763. The lowest BCUT2D eigenvalue weighted by Gasteiger charge is -2.16. The monoisotopic (exact) mass is 322 g/mol. The number of rotatable bonds is 8. The SMILES string of the molecule is COc1cc(OC)c(CNC(=O)CCC2CCNC2)c(OC)c1. The molecule has 1 aliphatic heterocycles. The molecule has 1 unspecified atom stereocenters. The van der Waals surface area contributed by atoms with Crippen molar-refractivity contribution in [3.63, 3.8) is 0 Å². The van der Waals surface area contributed by atoms with Crippen LogP contribution >= 0.6 is 0 Å². The second-order valence-electron chi connectivity index (χ2n) is 5.68. The first-order valence-electron chi connectivity index (χ1n) is 7.94. The normalized spacial score (nSPS) is 16.9. The molecule has 1 amide bonds. The van der Waals surface area contributed by atoms with Gasteiger partial charge in [-0.2, -0.15) is 0 Å². The van der Waals surface area contributed by atoms with Crippen LogP contribution in [0.4, 0.5) is 0 Å². The van der Waals surface area contributed by atoms with Crippen molar-refractivity contribution < 1.29 is 19.0 Å². The highest BCUT2D eigenvalue weighted by Gasteiger charge is 2.17. The second kappa shape index (κ2) is 8.62. The van der Waals surface area contributed by atoms with Crippen molar-refractivity contribution in [3.8, 4) is 17.2 Å². The Morgan fingerprint density at radius 1 is 1.22 bits per heavy atom. The lowest BCUT2D eigenvalue weighted by Crippen LogP contribution is -2.24. The van der Waals surface area contributed by atoms with E-state index in [1.807, 2.05) is 0 Å². The van der Waals surface area contributed by atoms with Gasteiger partial charge in [0.05, 0.1) is 33.4 Å². The van der Waals surface area contributed by atoms with Crippen LogP contribution in [-0.2, 0) is 11.3 Å². The lowest BCUT2D eigenvalue weighted by molar-refractivity contribution is -0.121. The van der Waals surface area contributed by atoms with E-state index in [2.05, 4.69) is 10.6 Å². The van der Waals surface area contributed by atoms with Crippen molar-refractivity contribution in [2.45, 2.75) is 25.8 Å². The molecular formula is C17H26N2O4. The molecule has 6 nitrogen and oxygen atoms in total. The molecule has 1 saturated heterocycles. The third kappa shape index (κ3) is 4.76. The smallest absolute Gasteiger partial charge is 0.220 e. The van der Waals surface area contributed by atoms with Crippen LogP contribution in [0.3, 0.4) is 0 Å². The summed E-state index contributed by atoms with van der Waals surface area (Å²) in [6.07, 6.45) is 2.64. The molecule has 1 fully saturated rings. The van der Waals surface area contributed by atoms with Gasteiger partial charge in [-0.15, -0.1) is 0 Å². The predicted octanol–water partition coefficient (Wildman–Crippen LogP) is 1.72. The van der Waals surface area contributed by atoms with E-state index in [9.17, 15) is 4.79 Å². The van der Waals surface area contributed by atoms with E-state index < -0.39 is 0 Å². The maximum atomic E-state index is 12.1. The molecule has 0 bridgehead atoms. The largest absolute Gasteiger partial charge is 0.496 e. The standard InChI is InChI=1S/C17H26N2O4/c1-21-13-8-15(22-2)14(16(9-13)23-3)11-19-17(20)5-4-12-6-7-18-10-12/h8-9,12,18H,4-7,10-11H2,1-3H3,(H,19,20). The van der Waals surface area contributed by atoms with Crippen LogP contribution in [0.25, 0.3) is 0 Å². The van der Waals surface area contributed by atoms with Crippen molar-refractivity contribution >= 4 is 5.91 Å². The Balaban J connectivity index is 1.94. The third-order valence-electron chi connectivity index (χ3n) is 4.22. The summed E-state index contributed by atoms with van der Waals surface area (Å²) in [7, 11) is 4.77. The number of carbonyl (C=O) groups is 1. The van der Waals surface area contributed by atoms with E-state index in [1.165, 1.54) is 0 Å². The molecule has 0 saturated carbocycles. The first-order chi connectivity index (χ1) is 11.2. The Bertz CT molecular complexity index is 502. The average molecular weight is 322 g/mol. The summed E-state index contributed by atoms with van der Waals surface area (Å²) in [5, 5.41) is 6.27. The summed E-state index contributed by atoms with van der Waals surface area (Å²) in [4.78, 5) is 12.1. The molecule has 23 heavy (non-hydrogen) atoms. The minimum Gasteiger partial charge on any atom is -0.496 e. The summed E-state index contributed by atoms with van der Waals surface area (Å²) in [5.74, 6) is 2.60. The average Bonchev–Trinajstić information content (AvgIpc) is 3.10. The molecular weight excluding hydrogens is 296 g/mol. The Morgan fingerprint density at radius 2 is 1.91 bits per heavy atom. The summed E-state index contributed by atoms with van der Waals surface area (Å²) >= 11 is 0. The van der Waals surface area contributed by atoms with Crippen molar-refractivity contribution in [3.05, 3.63) is 17.7 Å². The van der Waals surface area contributed by atoms with Crippen LogP contribution in [0.15, 0.2) is 12.1 Å². The number of nitrogens with one attached hydrogen (secondary N) is 2. The van der Waals surface area contributed by atoms with Crippen molar-refractivity contribution in [2.75, 3.05) is 34.4 Å². The van der Waals surface area contributed by atoms with Crippen LogP contribution in [0.5, 0.6) is 17.2 Å². The van der Waals surface area contributed by atoms with E-state index in [0.29, 0.717) is 36.1 Å². The second-order valence-corrected chi connectivity index (χ2v) is 5.68.